The molecule has 5 aromatic rings. The van der Waals surface area contributed by atoms with Crippen molar-refractivity contribution in [1.82, 2.24) is 9.38 Å². The van der Waals surface area contributed by atoms with E-state index >= 15 is 0 Å². The van der Waals surface area contributed by atoms with Gasteiger partial charge in [0.15, 0.2) is 0 Å². The zero-order valence-electron chi connectivity index (χ0n) is 17.5. The van der Waals surface area contributed by atoms with Gasteiger partial charge in [-0.15, -0.1) is 11.3 Å². The smallest absolute Gasteiger partial charge is 0.353 e. The van der Waals surface area contributed by atoms with Crippen LogP contribution in [-0.2, 0) is 6.54 Å². The Morgan fingerprint density at radius 3 is 2.66 bits per heavy atom. The minimum absolute atomic E-state index is 0.370. The molecule has 0 unspecified atom stereocenters. The number of para-hydroxylation sites is 1. The topological polar surface area (TPSA) is 55.6 Å². The van der Waals surface area contributed by atoms with E-state index in [1.807, 2.05) is 71.4 Å². The summed E-state index contributed by atoms with van der Waals surface area (Å²) in [4.78, 5) is 18.1. The zero-order valence-corrected chi connectivity index (χ0v) is 18.3. The first-order chi connectivity index (χ1) is 15.7. The summed E-state index contributed by atoms with van der Waals surface area (Å²) in [5, 5.41) is 5.40. The Labute approximate surface area is 190 Å². The van der Waals surface area contributed by atoms with Crippen molar-refractivity contribution in [3.8, 4) is 17.0 Å². The van der Waals surface area contributed by atoms with Crippen molar-refractivity contribution in [3.05, 3.63) is 106 Å². The molecule has 0 atom stereocenters. The molecule has 0 saturated heterocycles. The van der Waals surface area contributed by atoms with Crippen molar-refractivity contribution >= 4 is 28.8 Å². The van der Waals surface area contributed by atoms with Gasteiger partial charge in [-0.25, -0.2) is 9.78 Å². The monoisotopic (exact) mass is 439 g/mol. The Hall–Kier alpha value is -3.90. The first-order valence-electron chi connectivity index (χ1n) is 10.3. The maximum Gasteiger partial charge on any atom is 0.353 e. The average Bonchev–Trinajstić information content (AvgIpc) is 3.47. The largest absolute Gasteiger partial charge is 0.422 e. The van der Waals surface area contributed by atoms with E-state index in [1.165, 1.54) is 11.3 Å². The molecule has 0 radical (unpaired) electrons. The van der Waals surface area contributed by atoms with Crippen LogP contribution in [0.4, 0.5) is 5.82 Å². The molecular weight excluding hydrogens is 418 g/mol. The van der Waals surface area contributed by atoms with Crippen molar-refractivity contribution < 1.29 is 9.53 Å². The predicted molar refractivity (Wildman–Crippen MR) is 128 cm³/mol. The number of aryl methyl sites for hydroxylation is 1. The van der Waals surface area contributed by atoms with E-state index in [0.29, 0.717) is 17.2 Å². The lowest BCUT2D eigenvalue weighted by Crippen LogP contribution is -2.08. The molecule has 0 fully saturated rings. The van der Waals surface area contributed by atoms with Gasteiger partial charge in [0.25, 0.3) is 0 Å². The van der Waals surface area contributed by atoms with Gasteiger partial charge in [-0.05, 0) is 53.8 Å². The summed E-state index contributed by atoms with van der Waals surface area (Å²) in [7, 11) is 0. The van der Waals surface area contributed by atoms with E-state index in [1.54, 1.807) is 12.1 Å². The first-order valence-corrected chi connectivity index (χ1v) is 11.2. The van der Waals surface area contributed by atoms with Crippen LogP contribution < -0.4 is 10.1 Å². The van der Waals surface area contributed by atoms with Crippen molar-refractivity contribution in [1.29, 1.82) is 0 Å². The Kier molecular flexibility index (Phi) is 5.44. The lowest BCUT2D eigenvalue weighted by molar-refractivity contribution is 0.0740. The molecule has 5 nitrogen and oxygen atoms in total. The van der Waals surface area contributed by atoms with Gasteiger partial charge in [0, 0.05) is 18.3 Å². The Balaban J connectivity index is 1.57. The molecule has 0 amide bonds. The van der Waals surface area contributed by atoms with Gasteiger partial charge in [-0.2, -0.15) is 0 Å². The number of pyridine rings is 1. The maximum absolute atomic E-state index is 12.6. The second-order valence-corrected chi connectivity index (χ2v) is 8.39. The number of esters is 1. The second-order valence-electron chi connectivity index (χ2n) is 7.44. The number of hydrogen-bond donors (Lipinski definition) is 1. The van der Waals surface area contributed by atoms with Gasteiger partial charge < -0.3 is 10.1 Å². The van der Waals surface area contributed by atoms with Crippen LogP contribution in [0.1, 0.15) is 20.8 Å². The van der Waals surface area contributed by atoms with Gasteiger partial charge in [0.05, 0.1) is 0 Å². The number of rotatable bonds is 6. The fourth-order valence-electron chi connectivity index (χ4n) is 3.58. The van der Waals surface area contributed by atoms with Gasteiger partial charge in [-0.3, -0.25) is 4.40 Å². The number of hydrogen-bond acceptors (Lipinski definition) is 5. The molecular formula is C26H21N3O2S. The summed E-state index contributed by atoms with van der Waals surface area (Å²) in [6.07, 6.45) is 2.01. The molecule has 0 aliphatic heterocycles. The highest BCUT2D eigenvalue weighted by Crippen LogP contribution is 2.36. The molecule has 3 aromatic heterocycles. The highest BCUT2D eigenvalue weighted by Gasteiger charge is 2.20. The van der Waals surface area contributed by atoms with Crippen LogP contribution in [0.3, 0.4) is 0 Å². The van der Waals surface area contributed by atoms with Gasteiger partial charge in [0.2, 0.25) is 0 Å². The Morgan fingerprint density at radius 2 is 1.84 bits per heavy atom. The lowest BCUT2D eigenvalue weighted by atomic mass is 10.1. The summed E-state index contributed by atoms with van der Waals surface area (Å²) in [6, 6.07) is 25.4. The molecule has 0 spiro atoms. The third-order valence-corrected chi connectivity index (χ3v) is 6.00. The Bertz CT molecular complexity index is 1380. The second kappa shape index (κ2) is 8.69. The van der Waals surface area contributed by atoms with E-state index < -0.39 is 0 Å². The number of aromatic nitrogens is 2. The van der Waals surface area contributed by atoms with Crippen molar-refractivity contribution in [2.45, 2.75) is 13.5 Å². The normalized spacial score (nSPS) is 10.9. The van der Waals surface area contributed by atoms with Gasteiger partial charge in [-0.1, -0.05) is 48.5 Å². The summed E-state index contributed by atoms with van der Waals surface area (Å²) in [6.45, 7) is 2.69. The molecule has 158 valence electrons. The van der Waals surface area contributed by atoms with Gasteiger partial charge in [0.1, 0.15) is 27.8 Å². The molecule has 2 aromatic carbocycles. The van der Waals surface area contributed by atoms with Crippen molar-refractivity contribution in [2.24, 2.45) is 0 Å². The van der Waals surface area contributed by atoms with E-state index in [-0.39, 0.29) is 5.97 Å². The van der Waals surface area contributed by atoms with Crippen LogP contribution in [0.2, 0.25) is 0 Å². The maximum atomic E-state index is 12.6. The van der Waals surface area contributed by atoms with Crippen molar-refractivity contribution in [3.63, 3.8) is 0 Å². The van der Waals surface area contributed by atoms with E-state index in [4.69, 9.17) is 9.72 Å². The SMILES string of the molecule is Cc1ccn2c(NCc3ccccc3)c(-c3ccccc3OC(=O)c3cccs3)nc2c1. The van der Waals surface area contributed by atoms with Crippen LogP contribution >= 0.6 is 11.3 Å². The first kappa shape index (κ1) is 20.0. The van der Waals surface area contributed by atoms with Crippen LogP contribution in [0.5, 0.6) is 5.75 Å². The number of fused-ring (bicyclic) bond motifs is 1. The number of benzene rings is 2. The molecule has 1 N–H and O–H groups in total. The Morgan fingerprint density at radius 1 is 1.03 bits per heavy atom. The van der Waals surface area contributed by atoms with E-state index in [9.17, 15) is 4.79 Å². The minimum atomic E-state index is -0.370. The van der Waals surface area contributed by atoms with Crippen molar-refractivity contribution in [2.75, 3.05) is 5.32 Å². The van der Waals surface area contributed by atoms with E-state index in [0.717, 1.165) is 33.8 Å². The average molecular weight is 440 g/mol. The van der Waals surface area contributed by atoms with E-state index in [2.05, 4.69) is 23.5 Å². The standard InChI is InChI=1S/C26H21N3O2S/c1-18-13-14-29-23(16-18)28-24(25(29)27-17-19-8-3-2-4-9-19)20-10-5-6-11-21(20)31-26(30)22-12-7-15-32-22/h2-16,27H,17H2,1H3. The number of ether oxygens (including phenoxy) is 1. The molecule has 5 rings (SSSR count). The van der Waals surface area contributed by atoms with Crippen LogP contribution in [0.15, 0.2) is 90.4 Å². The molecule has 3 heterocycles. The highest BCUT2D eigenvalue weighted by molar-refractivity contribution is 7.12. The van der Waals surface area contributed by atoms with Crippen LogP contribution in [-0.4, -0.2) is 15.4 Å². The molecule has 0 bridgehead atoms. The molecule has 6 heteroatoms. The third-order valence-electron chi connectivity index (χ3n) is 5.15. The number of carbonyl (C=O) groups excluding carboxylic acids is 1. The zero-order chi connectivity index (χ0) is 21.9. The fraction of sp³-hybridized carbons (Fsp3) is 0.0769. The third kappa shape index (κ3) is 4.00. The van der Waals surface area contributed by atoms with Crippen LogP contribution in [0.25, 0.3) is 16.9 Å². The summed E-state index contributed by atoms with van der Waals surface area (Å²) in [5.41, 5.74) is 4.62. The summed E-state index contributed by atoms with van der Waals surface area (Å²) >= 11 is 1.36. The predicted octanol–water partition coefficient (Wildman–Crippen LogP) is 6.20. The molecule has 0 saturated carbocycles. The number of carbonyl (C=O) groups is 1. The highest BCUT2D eigenvalue weighted by atomic mass is 32.1. The number of nitrogens with zero attached hydrogens (tertiary/aromatic N) is 2. The van der Waals surface area contributed by atoms with Crippen LogP contribution in [0, 0.1) is 6.92 Å². The molecule has 0 aliphatic rings. The number of nitrogens with one attached hydrogen (secondary N) is 1. The molecule has 32 heavy (non-hydrogen) atoms. The fourth-order valence-corrected chi connectivity index (χ4v) is 4.18. The van der Waals surface area contributed by atoms with Gasteiger partial charge >= 0.3 is 5.97 Å². The minimum Gasteiger partial charge on any atom is -0.422 e. The lowest BCUT2D eigenvalue weighted by Gasteiger charge is -2.12. The quantitative estimate of drug-likeness (QED) is 0.253. The molecule has 0 aliphatic carbocycles. The number of anilines is 1. The summed E-state index contributed by atoms with van der Waals surface area (Å²) < 4.78 is 7.81. The number of thiophene rings is 1. The number of imidazole rings is 1. The summed E-state index contributed by atoms with van der Waals surface area (Å²) in [5.74, 6) is 0.961.